The van der Waals surface area contributed by atoms with Crippen LogP contribution in [0.5, 0.6) is 0 Å². The van der Waals surface area contributed by atoms with E-state index in [4.69, 9.17) is 0 Å². The van der Waals surface area contributed by atoms with E-state index in [1.54, 1.807) is 16.5 Å². The van der Waals surface area contributed by atoms with Crippen LogP contribution in [0.2, 0.25) is 0 Å². The smallest absolute Gasteiger partial charge is 0.268 e. The van der Waals surface area contributed by atoms with Crippen molar-refractivity contribution in [2.75, 3.05) is 0 Å². The van der Waals surface area contributed by atoms with Gasteiger partial charge < -0.3 is 10.3 Å². The van der Waals surface area contributed by atoms with E-state index in [9.17, 15) is 9.18 Å². The molecule has 0 aliphatic carbocycles. The summed E-state index contributed by atoms with van der Waals surface area (Å²) in [5.74, 6) is 0.0174. The van der Waals surface area contributed by atoms with Gasteiger partial charge in [-0.2, -0.15) is 0 Å². The predicted molar refractivity (Wildman–Crippen MR) is 82.4 cm³/mol. The maximum Gasteiger partial charge on any atom is 0.268 e. The third-order valence-electron chi connectivity index (χ3n) is 3.62. The van der Waals surface area contributed by atoms with E-state index in [0.717, 1.165) is 5.65 Å². The Labute approximate surface area is 130 Å². The van der Waals surface area contributed by atoms with Crippen LogP contribution in [0.3, 0.4) is 0 Å². The fourth-order valence-corrected chi connectivity index (χ4v) is 2.49. The van der Waals surface area contributed by atoms with Gasteiger partial charge in [-0.1, -0.05) is 6.07 Å². The largest absolute Gasteiger partial charge is 0.351 e. The van der Waals surface area contributed by atoms with Crippen molar-refractivity contribution in [2.45, 2.75) is 6.54 Å². The summed E-state index contributed by atoms with van der Waals surface area (Å²) in [7, 11) is 0. The van der Waals surface area contributed by atoms with Crippen molar-refractivity contribution in [3.05, 3.63) is 66.0 Å². The standard InChI is InChI=1S/C16H12FN5O/c17-11-4-5-12-10(7-11)8-13(19-12)16(23)18-9-15-21-20-14-3-1-2-6-22(14)15/h1-8,19H,9H2,(H,18,23). The van der Waals surface area contributed by atoms with Crippen LogP contribution in [-0.4, -0.2) is 25.5 Å². The maximum absolute atomic E-state index is 13.2. The molecule has 0 saturated carbocycles. The number of hydrogen-bond donors (Lipinski definition) is 2. The summed E-state index contributed by atoms with van der Waals surface area (Å²) in [6.45, 7) is 0.244. The molecule has 0 radical (unpaired) electrons. The average Bonchev–Trinajstić information content (AvgIpc) is 3.16. The number of rotatable bonds is 3. The highest BCUT2D eigenvalue weighted by Gasteiger charge is 2.11. The van der Waals surface area contributed by atoms with Gasteiger partial charge in [0.15, 0.2) is 11.5 Å². The molecule has 6 nitrogen and oxygen atoms in total. The number of benzene rings is 1. The number of nitrogens with one attached hydrogen (secondary N) is 2. The lowest BCUT2D eigenvalue weighted by Crippen LogP contribution is -2.24. The molecule has 0 spiro atoms. The molecule has 0 aliphatic rings. The van der Waals surface area contributed by atoms with Crippen molar-refractivity contribution in [3.63, 3.8) is 0 Å². The van der Waals surface area contributed by atoms with Crippen molar-refractivity contribution >= 4 is 22.5 Å². The molecule has 0 bridgehead atoms. The second-order valence-electron chi connectivity index (χ2n) is 5.14. The summed E-state index contributed by atoms with van der Waals surface area (Å²) in [6.07, 6.45) is 1.84. The lowest BCUT2D eigenvalue weighted by molar-refractivity contribution is 0.0945. The molecule has 1 amide bonds. The second-order valence-corrected chi connectivity index (χ2v) is 5.14. The monoisotopic (exact) mass is 309 g/mol. The molecule has 0 unspecified atom stereocenters. The van der Waals surface area contributed by atoms with Gasteiger partial charge in [0.25, 0.3) is 5.91 Å². The number of fused-ring (bicyclic) bond motifs is 2. The van der Waals surface area contributed by atoms with Crippen molar-refractivity contribution in [1.29, 1.82) is 0 Å². The van der Waals surface area contributed by atoms with Crippen LogP contribution in [0.15, 0.2) is 48.7 Å². The molecule has 23 heavy (non-hydrogen) atoms. The van der Waals surface area contributed by atoms with E-state index in [0.29, 0.717) is 22.4 Å². The fraction of sp³-hybridized carbons (Fsp3) is 0.0625. The Bertz CT molecular complexity index is 1020. The van der Waals surface area contributed by atoms with E-state index in [1.165, 1.54) is 12.1 Å². The second kappa shape index (κ2) is 5.20. The van der Waals surface area contributed by atoms with E-state index in [-0.39, 0.29) is 18.3 Å². The molecule has 4 aromatic rings. The van der Waals surface area contributed by atoms with E-state index >= 15 is 0 Å². The molecule has 0 saturated heterocycles. The molecule has 7 heteroatoms. The van der Waals surface area contributed by atoms with Crippen LogP contribution in [0, 0.1) is 5.82 Å². The van der Waals surface area contributed by atoms with Gasteiger partial charge in [-0.25, -0.2) is 4.39 Å². The highest BCUT2D eigenvalue weighted by molar-refractivity contribution is 5.97. The molecular formula is C16H12FN5O. The zero-order valence-corrected chi connectivity index (χ0v) is 12.0. The summed E-state index contributed by atoms with van der Waals surface area (Å²) in [5, 5.41) is 11.5. The van der Waals surface area contributed by atoms with Gasteiger partial charge in [0.05, 0.1) is 6.54 Å². The normalized spacial score (nSPS) is 11.2. The average molecular weight is 309 g/mol. The summed E-state index contributed by atoms with van der Waals surface area (Å²) >= 11 is 0. The van der Waals surface area contributed by atoms with Crippen LogP contribution < -0.4 is 5.32 Å². The van der Waals surface area contributed by atoms with Crippen molar-refractivity contribution < 1.29 is 9.18 Å². The first-order valence-electron chi connectivity index (χ1n) is 7.06. The van der Waals surface area contributed by atoms with Crippen LogP contribution >= 0.6 is 0 Å². The number of halogens is 1. The minimum absolute atomic E-state index is 0.244. The number of amides is 1. The topological polar surface area (TPSA) is 75.1 Å². The number of aromatic nitrogens is 4. The minimum Gasteiger partial charge on any atom is -0.351 e. The Kier molecular flexibility index (Phi) is 3.04. The molecule has 4 rings (SSSR count). The number of nitrogens with zero attached hydrogens (tertiary/aromatic N) is 3. The third-order valence-corrected chi connectivity index (χ3v) is 3.62. The van der Waals surface area contributed by atoms with Gasteiger partial charge in [0.1, 0.15) is 11.5 Å². The summed E-state index contributed by atoms with van der Waals surface area (Å²) in [4.78, 5) is 15.2. The molecule has 114 valence electrons. The van der Waals surface area contributed by atoms with Gasteiger partial charge in [0, 0.05) is 17.1 Å². The van der Waals surface area contributed by atoms with E-state index in [1.807, 2.05) is 24.4 Å². The zero-order valence-electron chi connectivity index (χ0n) is 12.0. The van der Waals surface area contributed by atoms with Gasteiger partial charge in [-0.3, -0.25) is 9.20 Å². The number of H-pyrrole nitrogens is 1. The predicted octanol–water partition coefficient (Wildman–Crippen LogP) is 2.28. The van der Waals surface area contributed by atoms with Gasteiger partial charge in [0.2, 0.25) is 0 Å². The molecule has 0 atom stereocenters. The fourth-order valence-electron chi connectivity index (χ4n) is 2.49. The SMILES string of the molecule is O=C(NCc1nnc2ccccn12)c1cc2cc(F)ccc2[nH]1. The number of hydrogen-bond acceptors (Lipinski definition) is 3. The first-order chi connectivity index (χ1) is 11.2. The lowest BCUT2D eigenvalue weighted by Gasteiger charge is -2.02. The molecule has 0 aliphatic heterocycles. The maximum atomic E-state index is 13.2. The van der Waals surface area contributed by atoms with E-state index in [2.05, 4.69) is 20.5 Å². The third kappa shape index (κ3) is 2.42. The van der Waals surface area contributed by atoms with Crippen molar-refractivity contribution in [3.8, 4) is 0 Å². The van der Waals surface area contributed by atoms with Crippen LogP contribution in [0.1, 0.15) is 16.3 Å². The Morgan fingerprint density at radius 3 is 3.04 bits per heavy atom. The summed E-state index contributed by atoms with van der Waals surface area (Å²) in [5.41, 5.74) is 1.81. The Balaban J connectivity index is 1.55. The Morgan fingerprint density at radius 2 is 2.13 bits per heavy atom. The molecule has 3 heterocycles. The number of pyridine rings is 1. The van der Waals surface area contributed by atoms with Crippen molar-refractivity contribution in [2.24, 2.45) is 0 Å². The molecule has 2 N–H and O–H groups in total. The van der Waals surface area contributed by atoms with Crippen LogP contribution in [0.25, 0.3) is 16.6 Å². The minimum atomic E-state index is -0.335. The number of carbonyl (C=O) groups excluding carboxylic acids is 1. The summed E-state index contributed by atoms with van der Waals surface area (Å²) < 4.78 is 15.0. The number of carbonyl (C=O) groups is 1. The van der Waals surface area contributed by atoms with Gasteiger partial charge in [-0.15, -0.1) is 10.2 Å². The molecule has 1 aromatic carbocycles. The Morgan fingerprint density at radius 1 is 1.22 bits per heavy atom. The van der Waals surface area contributed by atoms with E-state index < -0.39 is 0 Å². The highest BCUT2D eigenvalue weighted by Crippen LogP contribution is 2.16. The van der Waals surface area contributed by atoms with Crippen LogP contribution in [0.4, 0.5) is 4.39 Å². The lowest BCUT2D eigenvalue weighted by atomic mass is 10.2. The quantitative estimate of drug-likeness (QED) is 0.609. The first-order valence-corrected chi connectivity index (χ1v) is 7.06. The Hall–Kier alpha value is -3.22. The van der Waals surface area contributed by atoms with Gasteiger partial charge >= 0.3 is 0 Å². The van der Waals surface area contributed by atoms with Crippen LogP contribution in [-0.2, 0) is 6.54 Å². The molecular weight excluding hydrogens is 297 g/mol. The van der Waals surface area contributed by atoms with Gasteiger partial charge in [-0.05, 0) is 36.4 Å². The first kappa shape index (κ1) is 13.4. The molecule has 0 fully saturated rings. The molecule has 3 aromatic heterocycles. The summed E-state index contributed by atoms with van der Waals surface area (Å²) in [6, 6.07) is 11.5. The number of aromatic amines is 1. The highest BCUT2D eigenvalue weighted by atomic mass is 19.1. The van der Waals surface area contributed by atoms with Crippen molar-refractivity contribution in [1.82, 2.24) is 24.9 Å². The zero-order chi connectivity index (χ0) is 15.8.